The van der Waals surface area contributed by atoms with E-state index in [1.165, 1.54) is 18.2 Å². The van der Waals surface area contributed by atoms with Gasteiger partial charge in [-0.2, -0.15) is 0 Å². The molecule has 0 aliphatic heterocycles. The Hall–Kier alpha value is -2.37. The van der Waals surface area contributed by atoms with E-state index in [-0.39, 0.29) is 23.0 Å². The Morgan fingerprint density at radius 1 is 1.22 bits per heavy atom. The van der Waals surface area contributed by atoms with Gasteiger partial charge in [-0.25, -0.2) is 4.39 Å². The lowest BCUT2D eigenvalue weighted by Gasteiger charge is -2.03. The Balaban J connectivity index is 1.83. The van der Waals surface area contributed by atoms with Crippen molar-refractivity contribution in [2.24, 2.45) is 0 Å². The van der Waals surface area contributed by atoms with Crippen LogP contribution in [0.5, 0.6) is 0 Å². The van der Waals surface area contributed by atoms with Gasteiger partial charge in [-0.05, 0) is 24.1 Å². The highest BCUT2D eigenvalue weighted by Gasteiger charge is 2.06. The lowest BCUT2D eigenvalue weighted by molar-refractivity contribution is 0.0949. The number of aromatic amines is 2. The highest BCUT2D eigenvalue weighted by atomic mass is 19.1. The van der Waals surface area contributed by atoms with Crippen LogP contribution in [0, 0.1) is 5.82 Å². The van der Waals surface area contributed by atoms with Crippen molar-refractivity contribution >= 4 is 5.91 Å². The number of carbonyl (C=O) groups excluding carboxylic acids is 1. The van der Waals surface area contributed by atoms with Crippen LogP contribution in [0.1, 0.15) is 16.1 Å². The number of amides is 1. The molecule has 0 atom stereocenters. The molecule has 0 bridgehead atoms. The molecule has 94 valence electrons. The van der Waals surface area contributed by atoms with E-state index < -0.39 is 0 Å². The summed E-state index contributed by atoms with van der Waals surface area (Å²) in [4.78, 5) is 22.4. The summed E-state index contributed by atoms with van der Waals surface area (Å²) < 4.78 is 12.7. The van der Waals surface area contributed by atoms with Gasteiger partial charge in [0, 0.05) is 12.6 Å². The summed E-state index contributed by atoms with van der Waals surface area (Å²) in [7, 11) is 0. The molecule has 0 saturated heterocycles. The maximum absolute atomic E-state index is 12.7. The molecule has 1 aromatic carbocycles. The van der Waals surface area contributed by atoms with E-state index in [1.807, 2.05) is 0 Å². The third-order valence-corrected chi connectivity index (χ3v) is 2.45. The minimum Gasteiger partial charge on any atom is -0.350 e. The lowest BCUT2D eigenvalue weighted by Crippen LogP contribution is -2.26. The van der Waals surface area contributed by atoms with E-state index in [9.17, 15) is 14.0 Å². The highest BCUT2D eigenvalue weighted by molar-refractivity contribution is 5.92. The molecule has 0 fully saturated rings. The summed E-state index contributed by atoms with van der Waals surface area (Å²) in [6.07, 6.45) is 0.598. The number of nitrogens with one attached hydrogen (secondary N) is 3. The first-order chi connectivity index (χ1) is 8.65. The first-order valence-corrected chi connectivity index (χ1v) is 5.45. The van der Waals surface area contributed by atoms with Crippen molar-refractivity contribution in [1.29, 1.82) is 0 Å². The topological polar surface area (TPSA) is 77.8 Å². The molecule has 6 heteroatoms. The smallest absolute Gasteiger partial charge is 0.269 e. The second kappa shape index (κ2) is 5.31. The van der Waals surface area contributed by atoms with Gasteiger partial charge in [-0.3, -0.25) is 19.8 Å². The van der Waals surface area contributed by atoms with Gasteiger partial charge in [-0.1, -0.05) is 12.1 Å². The highest BCUT2D eigenvalue weighted by Crippen LogP contribution is 2.02. The number of aromatic nitrogens is 2. The van der Waals surface area contributed by atoms with Crippen LogP contribution >= 0.6 is 0 Å². The molecule has 0 spiro atoms. The minimum absolute atomic E-state index is 0.194. The first kappa shape index (κ1) is 12.1. The number of benzene rings is 1. The fourth-order valence-electron chi connectivity index (χ4n) is 1.52. The molecule has 18 heavy (non-hydrogen) atoms. The van der Waals surface area contributed by atoms with Gasteiger partial charge in [-0.15, -0.1) is 0 Å². The van der Waals surface area contributed by atoms with Gasteiger partial charge in [0.05, 0.1) is 0 Å². The Morgan fingerprint density at radius 2 is 1.94 bits per heavy atom. The third kappa shape index (κ3) is 3.07. The van der Waals surface area contributed by atoms with Crippen LogP contribution in [0.15, 0.2) is 35.1 Å². The Kier molecular flexibility index (Phi) is 3.57. The molecular formula is C12H12FN3O2. The lowest BCUT2D eigenvalue weighted by atomic mass is 10.1. The van der Waals surface area contributed by atoms with Crippen LogP contribution in [0.2, 0.25) is 0 Å². The summed E-state index contributed by atoms with van der Waals surface area (Å²) in [6, 6.07) is 7.27. The molecular weight excluding hydrogens is 237 g/mol. The molecule has 0 aliphatic carbocycles. The Bertz CT molecular complexity index is 586. The van der Waals surface area contributed by atoms with Crippen molar-refractivity contribution in [2.75, 3.05) is 6.54 Å². The van der Waals surface area contributed by atoms with Crippen molar-refractivity contribution in [1.82, 2.24) is 15.5 Å². The molecule has 1 heterocycles. The number of hydrogen-bond donors (Lipinski definition) is 3. The molecule has 1 amide bonds. The maximum Gasteiger partial charge on any atom is 0.269 e. The van der Waals surface area contributed by atoms with E-state index in [0.717, 1.165) is 5.56 Å². The zero-order valence-corrected chi connectivity index (χ0v) is 9.50. The van der Waals surface area contributed by atoms with Gasteiger partial charge >= 0.3 is 0 Å². The van der Waals surface area contributed by atoms with Crippen LogP contribution in [0.3, 0.4) is 0 Å². The van der Waals surface area contributed by atoms with E-state index >= 15 is 0 Å². The largest absolute Gasteiger partial charge is 0.350 e. The molecule has 2 rings (SSSR count). The third-order valence-electron chi connectivity index (χ3n) is 2.45. The van der Waals surface area contributed by atoms with Crippen LogP contribution in [-0.4, -0.2) is 22.6 Å². The molecule has 0 unspecified atom stereocenters. The quantitative estimate of drug-likeness (QED) is 0.750. The normalized spacial score (nSPS) is 10.3. The number of carbonyl (C=O) groups is 1. The van der Waals surface area contributed by atoms with Gasteiger partial charge < -0.3 is 5.32 Å². The van der Waals surface area contributed by atoms with E-state index in [0.29, 0.717) is 13.0 Å². The van der Waals surface area contributed by atoms with Crippen LogP contribution in [0.25, 0.3) is 0 Å². The molecule has 5 nitrogen and oxygen atoms in total. The van der Waals surface area contributed by atoms with Crippen LogP contribution in [0.4, 0.5) is 4.39 Å². The fourth-order valence-corrected chi connectivity index (χ4v) is 1.52. The number of H-pyrrole nitrogens is 2. The van der Waals surface area contributed by atoms with Crippen LogP contribution < -0.4 is 10.9 Å². The van der Waals surface area contributed by atoms with Gasteiger partial charge in [0.25, 0.3) is 11.5 Å². The molecule has 0 radical (unpaired) electrons. The number of rotatable bonds is 4. The first-order valence-electron chi connectivity index (χ1n) is 5.45. The molecule has 1 aromatic heterocycles. The molecule has 0 saturated carbocycles. The average molecular weight is 249 g/mol. The zero-order chi connectivity index (χ0) is 13.0. The second-order valence-electron chi connectivity index (χ2n) is 3.80. The van der Waals surface area contributed by atoms with E-state index in [4.69, 9.17) is 0 Å². The molecule has 0 aliphatic rings. The number of halogens is 1. The summed E-state index contributed by atoms with van der Waals surface area (Å²) in [5, 5.41) is 7.40. The van der Waals surface area contributed by atoms with Crippen molar-refractivity contribution < 1.29 is 9.18 Å². The van der Waals surface area contributed by atoms with Crippen molar-refractivity contribution in [3.05, 3.63) is 57.8 Å². The zero-order valence-electron chi connectivity index (χ0n) is 9.50. The predicted molar refractivity (Wildman–Crippen MR) is 63.9 cm³/mol. The van der Waals surface area contributed by atoms with Crippen molar-refractivity contribution in [3.63, 3.8) is 0 Å². The Labute approximate surface area is 102 Å². The Morgan fingerprint density at radius 3 is 2.56 bits per heavy atom. The van der Waals surface area contributed by atoms with Gasteiger partial charge in [0.2, 0.25) is 0 Å². The van der Waals surface area contributed by atoms with Crippen molar-refractivity contribution in [3.8, 4) is 0 Å². The van der Waals surface area contributed by atoms with Gasteiger partial charge in [0.15, 0.2) is 0 Å². The SMILES string of the molecule is O=C(NCCc1ccc(F)cc1)c1cc(=O)[nH][nH]1. The standard InChI is InChI=1S/C12H12FN3O2/c13-9-3-1-8(2-4-9)5-6-14-12(18)10-7-11(17)16-15-10/h1-4,7H,5-6H2,(H,14,18)(H2,15,16,17). The van der Waals surface area contributed by atoms with E-state index in [1.54, 1.807) is 12.1 Å². The average Bonchev–Trinajstić information content (AvgIpc) is 2.78. The monoisotopic (exact) mass is 249 g/mol. The molecule has 3 N–H and O–H groups in total. The second-order valence-corrected chi connectivity index (χ2v) is 3.80. The van der Waals surface area contributed by atoms with E-state index in [2.05, 4.69) is 15.5 Å². The summed E-state index contributed by atoms with van der Waals surface area (Å²) in [5.74, 6) is -0.636. The van der Waals surface area contributed by atoms with Crippen LogP contribution in [-0.2, 0) is 6.42 Å². The summed E-state index contributed by atoms with van der Waals surface area (Å²) in [6.45, 7) is 0.414. The van der Waals surface area contributed by atoms with Crippen molar-refractivity contribution in [2.45, 2.75) is 6.42 Å². The van der Waals surface area contributed by atoms with Gasteiger partial charge in [0.1, 0.15) is 11.5 Å². The minimum atomic E-state index is -0.351. The fraction of sp³-hybridized carbons (Fsp3) is 0.167. The summed E-state index contributed by atoms with van der Waals surface area (Å²) >= 11 is 0. The summed E-state index contributed by atoms with van der Waals surface area (Å²) in [5.41, 5.74) is 0.775. The number of hydrogen-bond acceptors (Lipinski definition) is 2. The predicted octanol–water partition coefficient (Wildman–Crippen LogP) is 0.815. The maximum atomic E-state index is 12.7. The molecule has 2 aromatic rings.